The molecule has 0 aliphatic carbocycles. The van der Waals surface area contributed by atoms with Gasteiger partial charge in [-0.1, -0.05) is 32.9 Å². The fraction of sp³-hybridized carbons (Fsp3) is 0.462. The molecule has 0 aliphatic heterocycles. The summed E-state index contributed by atoms with van der Waals surface area (Å²) >= 11 is 2.18. The van der Waals surface area contributed by atoms with Gasteiger partial charge in [-0.3, -0.25) is 4.79 Å². The SMILES string of the molecule is CCC(C)(C)CNC(=O)c1ccccc1I. The molecule has 1 rings (SSSR count). The van der Waals surface area contributed by atoms with E-state index in [1.807, 2.05) is 24.3 Å². The minimum atomic E-state index is 0.0199. The van der Waals surface area contributed by atoms with E-state index < -0.39 is 0 Å². The molecule has 0 radical (unpaired) electrons. The molecule has 88 valence electrons. The number of amides is 1. The Bertz CT molecular complexity index is 374. The molecule has 0 spiro atoms. The van der Waals surface area contributed by atoms with Gasteiger partial charge in [-0.2, -0.15) is 0 Å². The molecule has 0 unspecified atom stereocenters. The molecule has 1 amide bonds. The van der Waals surface area contributed by atoms with Crippen LogP contribution in [0.15, 0.2) is 24.3 Å². The Hall–Kier alpha value is -0.580. The van der Waals surface area contributed by atoms with E-state index in [0.717, 1.165) is 15.6 Å². The summed E-state index contributed by atoms with van der Waals surface area (Å²) in [6.45, 7) is 7.16. The smallest absolute Gasteiger partial charge is 0.252 e. The average molecular weight is 331 g/mol. The molecule has 1 aromatic rings. The van der Waals surface area contributed by atoms with Gasteiger partial charge in [0.1, 0.15) is 0 Å². The summed E-state index contributed by atoms with van der Waals surface area (Å²) in [7, 11) is 0. The van der Waals surface area contributed by atoms with Gasteiger partial charge in [0.05, 0.1) is 5.56 Å². The molecular formula is C13H18INO. The third-order valence-electron chi connectivity index (χ3n) is 2.80. The van der Waals surface area contributed by atoms with Crippen molar-refractivity contribution in [3.63, 3.8) is 0 Å². The lowest BCUT2D eigenvalue weighted by atomic mass is 9.90. The van der Waals surface area contributed by atoms with Crippen molar-refractivity contribution in [1.82, 2.24) is 5.32 Å². The van der Waals surface area contributed by atoms with E-state index in [9.17, 15) is 4.79 Å². The standard InChI is InChI=1S/C13H18INO/c1-4-13(2,3)9-15-12(16)10-7-5-6-8-11(10)14/h5-8H,4,9H2,1-3H3,(H,15,16). The molecule has 3 heteroatoms. The van der Waals surface area contributed by atoms with Crippen molar-refractivity contribution in [3.05, 3.63) is 33.4 Å². The van der Waals surface area contributed by atoms with Crippen LogP contribution in [0, 0.1) is 8.99 Å². The Balaban J connectivity index is 2.64. The molecule has 0 aliphatic rings. The molecule has 0 saturated heterocycles. The maximum absolute atomic E-state index is 11.9. The largest absolute Gasteiger partial charge is 0.351 e. The molecule has 1 N–H and O–H groups in total. The van der Waals surface area contributed by atoms with Crippen LogP contribution in [0.5, 0.6) is 0 Å². The molecule has 0 saturated carbocycles. The Morgan fingerprint density at radius 2 is 2.00 bits per heavy atom. The second-order valence-electron chi connectivity index (χ2n) is 4.68. The molecule has 0 atom stereocenters. The number of carbonyl (C=O) groups excluding carboxylic acids is 1. The van der Waals surface area contributed by atoms with Crippen molar-refractivity contribution in [2.24, 2.45) is 5.41 Å². The van der Waals surface area contributed by atoms with E-state index in [0.29, 0.717) is 6.54 Å². The molecule has 0 heterocycles. The monoisotopic (exact) mass is 331 g/mol. The summed E-state index contributed by atoms with van der Waals surface area (Å²) in [5.41, 5.74) is 0.922. The van der Waals surface area contributed by atoms with Crippen molar-refractivity contribution < 1.29 is 4.79 Å². The number of rotatable bonds is 4. The van der Waals surface area contributed by atoms with E-state index >= 15 is 0 Å². The first-order valence-electron chi connectivity index (χ1n) is 5.49. The predicted molar refractivity (Wildman–Crippen MR) is 75.6 cm³/mol. The van der Waals surface area contributed by atoms with Gasteiger partial charge in [0.2, 0.25) is 0 Å². The van der Waals surface area contributed by atoms with Crippen molar-refractivity contribution in [2.75, 3.05) is 6.54 Å². The first kappa shape index (κ1) is 13.5. The molecule has 1 aromatic carbocycles. The van der Waals surface area contributed by atoms with Gasteiger partial charge in [-0.15, -0.1) is 0 Å². The van der Waals surface area contributed by atoms with Crippen molar-refractivity contribution in [3.8, 4) is 0 Å². The van der Waals surface area contributed by atoms with Crippen LogP contribution in [0.1, 0.15) is 37.6 Å². The quantitative estimate of drug-likeness (QED) is 0.841. The molecule has 16 heavy (non-hydrogen) atoms. The zero-order valence-corrected chi connectivity index (χ0v) is 12.2. The number of carbonyl (C=O) groups is 1. The van der Waals surface area contributed by atoms with Crippen molar-refractivity contribution >= 4 is 28.5 Å². The minimum Gasteiger partial charge on any atom is -0.351 e. The first-order chi connectivity index (χ1) is 7.46. The van der Waals surface area contributed by atoms with Gasteiger partial charge < -0.3 is 5.32 Å². The molecule has 2 nitrogen and oxygen atoms in total. The third kappa shape index (κ3) is 3.77. The van der Waals surface area contributed by atoms with E-state index in [4.69, 9.17) is 0 Å². The van der Waals surface area contributed by atoms with Crippen LogP contribution in [0.3, 0.4) is 0 Å². The van der Waals surface area contributed by atoms with Gasteiger partial charge in [-0.05, 0) is 46.6 Å². The van der Waals surface area contributed by atoms with E-state index in [-0.39, 0.29) is 11.3 Å². The number of hydrogen-bond donors (Lipinski definition) is 1. The van der Waals surface area contributed by atoms with Crippen LogP contribution in [0.25, 0.3) is 0 Å². The lowest BCUT2D eigenvalue weighted by molar-refractivity contribution is 0.0935. The van der Waals surface area contributed by atoms with Crippen LogP contribution in [0.4, 0.5) is 0 Å². The second-order valence-corrected chi connectivity index (χ2v) is 5.84. The summed E-state index contributed by atoms with van der Waals surface area (Å²) in [5.74, 6) is 0.0199. The van der Waals surface area contributed by atoms with Crippen LogP contribution in [0.2, 0.25) is 0 Å². The van der Waals surface area contributed by atoms with Gasteiger partial charge >= 0.3 is 0 Å². The highest BCUT2D eigenvalue weighted by Gasteiger charge is 2.17. The van der Waals surface area contributed by atoms with Gasteiger partial charge in [0, 0.05) is 10.1 Å². The minimum absolute atomic E-state index is 0.0199. The fourth-order valence-electron chi connectivity index (χ4n) is 1.19. The Labute approximate surface area is 111 Å². The summed E-state index contributed by atoms with van der Waals surface area (Å²) < 4.78 is 0.993. The lowest BCUT2D eigenvalue weighted by Crippen LogP contribution is -2.33. The average Bonchev–Trinajstić information content (AvgIpc) is 2.27. The third-order valence-corrected chi connectivity index (χ3v) is 3.74. The molecule has 0 bridgehead atoms. The Morgan fingerprint density at radius 1 is 1.38 bits per heavy atom. The van der Waals surface area contributed by atoms with E-state index in [1.165, 1.54) is 0 Å². The molecule has 0 fully saturated rings. The van der Waals surface area contributed by atoms with Crippen molar-refractivity contribution in [2.45, 2.75) is 27.2 Å². The van der Waals surface area contributed by atoms with Crippen LogP contribution >= 0.6 is 22.6 Å². The molecule has 0 aromatic heterocycles. The number of nitrogens with one attached hydrogen (secondary N) is 1. The molecular weight excluding hydrogens is 313 g/mol. The summed E-state index contributed by atoms with van der Waals surface area (Å²) in [5, 5.41) is 2.99. The first-order valence-corrected chi connectivity index (χ1v) is 6.57. The topological polar surface area (TPSA) is 29.1 Å². The van der Waals surface area contributed by atoms with Gasteiger partial charge in [0.25, 0.3) is 5.91 Å². The Morgan fingerprint density at radius 3 is 2.56 bits per heavy atom. The van der Waals surface area contributed by atoms with Crippen LogP contribution in [-0.2, 0) is 0 Å². The normalized spacial score (nSPS) is 11.2. The van der Waals surface area contributed by atoms with Gasteiger partial charge in [0.15, 0.2) is 0 Å². The highest BCUT2D eigenvalue weighted by molar-refractivity contribution is 14.1. The summed E-state index contributed by atoms with van der Waals surface area (Å²) in [6, 6.07) is 7.63. The number of benzene rings is 1. The summed E-state index contributed by atoms with van der Waals surface area (Å²) in [4.78, 5) is 11.9. The summed E-state index contributed by atoms with van der Waals surface area (Å²) in [6.07, 6.45) is 1.05. The number of hydrogen-bond acceptors (Lipinski definition) is 1. The number of halogens is 1. The van der Waals surface area contributed by atoms with Crippen LogP contribution in [-0.4, -0.2) is 12.5 Å². The highest BCUT2D eigenvalue weighted by Crippen LogP contribution is 2.18. The van der Waals surface area contributed by atoms with E-state index in [2.05, 4.69) is 48.7 Å². The maximum Gasteiger partial charge on any atom is 0.252 e. The van der Waals surface area contributed by atoms with Gasteiger partial charge in [-0.25, -0.2) is 0 Å². The zero-order valence-electron chi connectivity index (χ0n) is 10.0. The maximum atomic E-state index is 11.9. The highest BCUT2D eigenvalue weighted by atomic mass is 127. The van der Waals surface area contributed by atoms with Crippen LogP contribution < -0.4 is 5.32 Å². The Kier molecular flexibility index (Phi) is 4.77. The zero-order chi connectivity index (χ0) is 12.2. The fourth-order valence-corrected chi connectivity index (χ4v) is 1.82. The predicted octanol–water partition coefficient (Wildman–Crippen LogP) is 3.46. The van der Waals surface area contributed by atoms with E-state index in [1.54, 1.807) is 0 Å². The van der Waals surface area contributed by atoms with Crippen molar-refractivity contribution in [1.29, 1.82) is 0 Å². The second kappa shape index (κ2) is 5.66. The lowest BCUT2D eigenvalue weighted by Gasteiger charge is -2.22.